The van der Waals surface area contributed by atoms with E-state index >= 15 is 0 Å². The van der Waals surface area contributed by atoms with Crippen molar-refractivity contribution < 1.29 is 4.79 Å². The first kappa shape index (κ1) is 18.2. The molecule has 0 aliphatic heterocycles. The summed E-state index contributed by atoms with van der Waals surface area (Å²) in [5, 5.41) is 2.83. The summed E-state index contributed by atoms with van der Waals surface area (Å²) in [6.45, 7) is 1.68. The van der Waals surface area contributed by atoms with Crippen molar-refractivity contribution in [1.29, 1.82) is 0 Å². The van der Waals surface area contributed by atoms with Gasteiger partial charge in [0.1, 0.15) is 5.01 Å². The molecule has 5 nitrogen and oxygen atoms in total. The first-order valence-corrected chi connectivity index (χ1v) is 9.51. The second-order valence-corrected chi connectivity index (χ2v) is 6.83. The largest absolute Gasteiger partial charge is 0.341 e. The summed E-state index contributed by atoms with van der Waals surface area (Å²) in [6, 6.07) is 14.0. The van der Waals surface area contributed by atoms with E-state index in [4.69, 9.17) is 5.73 Å². The van der Waals surface area contributed by atoms with Crippen LogP contribution in [0.4, 0.5) is 0 Å². The normalized spacial score (nSPS) is 10.7. The number of amides is 1. The van der Waals surface area contributed by atoms with Gasteiger partial charge in [0.2, 0.25) is 5.91 Å². The van der Waals surface area contributed by atoms with E-state index in [1.54, 1.807) is 12.4 Å². The van der Waals surface area contributed by atoms with E-state index in [1.165, 1.54) is 16.9 Å². The van der Waals surface area contributed by atoms with Gasteiger partial charge in [-0.05, 0) is 24.1 Å². The van der Waals surface area contributed by atoms with Crippen molar-refractivity contribution in [3.63, 3.8) is 0 Å². The number of pyridine rings is 1. The van der Waals surface area contributed by atoms with Gasteiger partial charge in [-0.1, -0.05) is 30.3 Å². The number of hydrogen-bond donors (Lipinski definition) is 1. The van der Waals surface area contributed by atoms with E-state index in [2.05, 4.69) is 22.1 Å². The molecular formula is C20H22N4OS. The molecule has 0 radical (unpaired) electrons. The van der Waals surface area contributed by atoms with Crippen LogP contribution in [0.5, 0.6) is 0 Å². The Hall–Kier alpha value is -2.57. The summed E-state index contributed by atoms with van der Waals surface area (Å²) in [5.74, 6) is 0.0643. The maximum atomic E-state index is 12.7. The minimum Gasteiger partial charge on any atom is -0.341 e. The van der Waals surface area contributed by atoms with Gasteiger partial charge in [0.15, 0.2) is 0 Å². The van der Waals surface area contributed by atoms with Gasteiger partial charge in [0.05, 0.1) is 12.1 Å². The number of rotatable bonds is 8. The number of aromatic nitrogens is 2. The third-order valence-electron chi connectivity index (χ3n) is 4.06. The fourth-order valence-electron chi connectivity index (χ4n) is 2.70. The zero-order valence-corrected chi connectivity index (χ0v) is 15.4. The van der Waals surface area contributed by atoms with Crippen molar-refractivity contribution in [2.24, 2.45) is 5.73 Å². The molecule has 0 aliphatic rings. The van der Waals surface area contributed by atoms with E-state index in [0.29, 0.717) is 26.1 Å². The Morgan fingerprint density at radius 1 is 1.12 bits per heavy atom. The number of carbonyl (C=O) groups is 1. The number of hydrogen-bond acceptors (Lipinski definition) is 5. The lowest BCUT2D eigenvalue weighted by Gasteiger charge is -2.21. The van der Waals surface area contributed by atoms with Crippen molar-refractivity contribution in [2.45, 2.75) is 12.8 Å². The van der Waals surface area contributed by atoms with Crippen LogP contribution in [0.1, 0.15) is 11.3 Å². The van der Waals surface area contributed by atoms with Gasteiger partial charge in [-0.15, -0.1) is 11.3 Å². The predicted molar refractivity (Wildman–Crippen MR) is 105 cm³/mol. The quantitative estimate of drug-likeness (QED) is 0.665. The Morgan fingerprint density at radius 2 is 1.96 bits per heavy atom. The lowest BCUT2D eigenvalue weighted by molar-refractivity contribution is -0.130. The highest BCUT2D eigenvalue weighted by atomic mass is 32.1. The summed E-state index contributed by atoms with van der Waals surface area (Å²) in [7, 11) is 0. The lowest BCUT2D eigenvalue weighted by Crippen LogP contribution is -2.37. The first-order chi connectivity index (χ1) is 12.8. The van der Waals surface area contributed by atoms with Crippen molar-refractivity contribution in [2.75, 3.05) is 19.6 Å². The van der Waals surface area contributed by atoms with Crippen LogP contribution in [-0.4, -0.2) is 40.4 Å². The fourth-order valence-corrected chi connectivity index (χ4v) is 3.51. The van der Waals surface area contributed by atoms with Gasteiger partial charge in [-0.3, -0.25) is 9.78 Å². The maximum absolute atomic E-state index is 12.7. The summed E-state index contributed by atoms with van der Waals surface area (Å²) in [4.78, 5) is 23.2. The van der Waals surface area contributed by atoms with E-state index in [9.17, 15) is 4.79 Å². The van der Waals surface area contributed by atoms with Crippen molar-refractivity contribution >= 4 is 17.2 Å². The summed E-state index contributed by atoms with van der Waals surface area (Å²) >= 11 is 1.53. The Labute approximate surface area is 157 Å². The molecule has 1 amide bonds. The van der Waals surface area contributed by atoms with Gasteiger partial charge in [-0.2, -0.15) is 0 Å². The number of benzene rings is 1. The van der Waals surface area contributed by atoms with Crippen LogP contribution in [0.2, 0.25) is 0 Å². The summed E-state index contributed by atoms with van der Waals surface area (Å²) in [5.41, 5.74) is 8.68. The molecule has 0 saturated carbocycles. The van der Waals surface area contributed by atoms with Crippen LogP contribution in [0.3, 0.4) is 0 Å². The zero-order chi connectivity index (χ0) is 18.2. The molecule has 134 valence electrons. The summed E-state index contributed by atoms with van der Waals surface area (Å²) in [6.07, 6.45) is 4.64. The topological polar surface area (TPSA) is 72.1 Å². The van der Waals surface area contributed by atoms with E-state index in [1.807, 2.05) is 40.6 Å². The molecule has 1 aromatic carbocycles. The molecule has 6 heteroatoms. The number of nitrogens with zero attached hydrogens (tertiary/aromatic N) is 3. The molecule has 3 aromatic rings. The number of thiazole rings is 1. The van der Waals surface area contributed by atoms with Gasteiger partial charge in [0, 0.05) is 43.0 Å². The molecule has 0 atom stereocenters. The number of carbonyl (C=O) groups excluding carboxylic acids is 1. The second kappa shape index (κ2) is 9.22. The first-order valence-electron chi connectivity index (χ1n) is 8.63. The van der Waals surface area contributed by atoms with Crippen LogP contribution in [-0.2, 0) is 17.6 Å². The van der Waals surface area contributed by atoms with Crippen molar-refractivity contribution in [1.82, 2.24) is 14.9 Å². The summed E-state index contributed by atoms with van der Waals surface area (Å²) < 4.78 is 0. The van der Waals surface area contributed by atoms with Crippen LogP contribution in [0, 0.1) is 0 Å². The predicted octanol–water partition coefficient (Wildman–Crippen LogP) is 2.78. The molecule has 26 heavy (non-hydrogen) atoms. The molecule has 0 spiro atoms. The highest BCUT2D eigenvalue weighted by Crippen LogP contribution is 2.23. The van der Waals surface area contributed by atoms with E-state index in [0.717, 1.165) is 22.7 Å². The minimum atomic E-state index is 0.0643. The smallest absolute Gasteiger partial charge is 0.228 e. The van der Waals surface area contributed by atoms with Crippen LogP contribution in [0.25, 0.3) is 10.6 Å². The molecule has 3 rings (SSSR count). The van der Waals surface area contributed by atoms with Crippen LogP contribution < -0.4 is 5.73 Å². The third-order valence-corrected chi connectivity index (χ3v) is 5.00. The highest BCUT2D eigenvalue weighted by molar-refractivity contribution is 7.13. The Kier molecular flexibility index (Phi) is 6.46. The molecule has 2 aromatic heterocycles. The SMILES string of the molecule is NCCN(CCc1ccccc1)C(=O)Cc1csc(-c2cccnc2)n1. The molecule has 2 N–H and O–H groups in total. The minimum absolute atomic E-state index is 0.0643. The second-order valence-electron chi connectivity index (χ2n) is 5.97. The number of nitrogens with two attached hydrogens (primary N) is 1. The Morgan fingerprint density at radius 3 is 2.69 bits per heavy atom. The standard InChI is InChI=1S/C20H22N4OS/c21-9-12-24(11-8-16-5-2-1-3-6-16)19(25)13-18-15-26-20(23-18)17-7-4-10-22-14-17/h1-7,10,14-15H,8-9,11-13,21H2. The molecule has 2 heterocycles. The molecule has 0 unspecified atom stereocenters. The average molecular weight is 366 g/mol. The van der Waals surface area contributed by atoms with Gasteiger partial charge in [-0.25, -0.2) is 4.98 Å². The van der Waals surface area contributed by atoms with Crippen molar-refractivity contribution in [3.8, 4) is 10.6 Å². The van der Waals surface area contributed by atoms with Crippen LogP contribution >= 0.6 is 11.3 Å². The highest BCUT2D eigenvalue weighted by Gasteiger charge is 2.15. The molecular weight excluding hydrogens is 344 g/mol. The van der Waals surface area contributed by atoms with Crippen LogP contribution in [0.15, 0.2) is 60.2 Å². The molecule has 0 fully saturated rings. The molecule has 0 bridgehead atoms. The lowest BCUT2D eigenvalue weighted by atomic mass is 10.1. The van der Waals surface area contributed by atoms with Gasteiger partial charge < -0.3 is 10.6 Å². The van der Waals surface area contributed by atoms with Gasteiger partial charge in [0.25, 0.3) is 0 Å². The van der Waals surface area contributed by atoms with E-state index < -0.39 is 0 Å². The molecule has 0 saturated heterocycles. The maximum Gasteiger partial charge on any atom is 0.228 e. The fraction of sp³-hybridized carbons (Fsp3) is 0.250. The third kappa shape index (κ3) is 4.97. The monoisotopic (exact) mass is 366 g/mol. The zero-order valence-electron chi connectivity index (χ0n) is 14.5. The van der Waals surface area contributed by atoms with Crippen molar-refractivity contribution in [3.05, 3.63) is 71.5 Å². The Bertz CT molecular complexity index is 820. The average Bonchev–Trinajstić information content (AvgIpc) is 3.15. The Balaban J connectivity index is 1.61. The van der Waals surface area contributed by atoms with Gasteiger partial charge >= 0.3 is 0 Å². The van der Waals surface area contributed by atoms with E-state index in [-0.39, 0.29) is 5.91 Å². The molecule has 0 aliphatic carbocycles.